The molecule has 0 bridgehead atoms. The molecular formula is C16H14F3NO2. The van der Waals surface area contributed by atoms with Crippen molar-refractivity contribution in [3.05, 3.63) is 71.3 Å². The number of benzene rings is 2. The van der Waals surface area contributed by atoms with Gasteiger partial charge in [-0.25, -0.2) is 0 Å². The minimum Gasteiger partial charge on any atom is -0.480 e. The zero-order valence-corrected chi connectivity index (χ0v) is 11.5. The molecule has 116 valence electrons. The molecule has 2 aromatic carbocycles. The summed E-state index contributed by atoms with van der Waals surface area (Å²) in [6.45, 7) is 0.0236. The Morgan fingerprint density at radius 2 is 1.77 bits per heavy atom. The number of nitrogens with one attached hydrogen (secondary N) is 1. The number of aliphatic carboxylic acids is 1. The van der Waals surface area contributed by atoms with E-state index in [1.807, 2.05) is 0 Å². The topological polar surface area (TPSA) is 49.3 Å². The first kappa shape index (κ1) is 16.0. The van der Waals surface area contributed by atoms with E-state index in [0.29, 0.717) is 11.1 Å². The monoisotopic (exact) mass is 309 g/mol. The summed E-state index contributed by atoms with van der Waals surface area (Å²) >= 11 is 0. The highest BCUT2D eigenvalue weighted by Gasteiger charge is 2.30. The Hall–Kier alpha value is -2.34. The Labute approximate surface area is 125 Å². The largest absolute Gasteiger partial charge is 0.480 e. The molecule has 1 atom stereocenters. The van der Waals surface area contributed by atoms with Gasteiger partial charge >= 0.3 is 12.1 Å². The van der Waals surface area contributed by atoms with E-state index in [4.69, 9.17) is 0 Å². The number of carbonyl (C=O) groups is 1. The average Bonchev–Trinajstić information content (AvgIpc) is 2.48. The van der Waals surface area contributed by atoms with E-state index in [1.165, 1.54) is 12.1 Å². The van der Waals surface area contributed by atoms with Crippen molar-refractivity contribution in [2.75, 3.05) is 0 Å². The molecule has 0 aliphatic carbocycles. The van der Waals surface area contributed by atoms with E-state index in [2.05, 4.69) is 5.32 Å². The van der Waals surface area contributed by atoms with Crippen molar-refractivity contribution < 1.29 is 23.1 Å². The maximum Gasteiger partial charge on any atom is 0.416 e. The van der Waals surface area contributed by atoms with Gasteiger partial charge in [-0.1, -0.05) is 48.5 Å². The van der Waals surface area contributed by atoms with Crippen LogP contribution in [-0.2, 0) is 17.5 Å². The van der Waals surface area contributed by atoms with Crippen molar-refractivity contribution in [3.63, 3.8) is 0 Å². The van der Waals surface area contributed by atoms with Crippen LogP contribution in [0.25, 0.3) is 0 Å². The van der Waals surface area contributed by atoms with Gasteiger partial charge in [-0.3, -0.25) is 10.1 Å². The molecule has 1 unspecified atom stereocenters. The van der Waals surface area contributed by atoms with Crippen LogP contribution in [0.3, 0.4) is 0 Å². The minimum absolute atomic E-state index is 0.0236. The van der Waals surface area contributed by atoms with E-state index >= 15 is 0 Å². The van der Waals surface area contributed by atoms with Crippen LogP contribution in [-0.4, -0.2) is 11.1 Å². The van der Waals surface area contributed by atoms with Crippen molar-refractivity contribution in [2.24, 2.45) is 0 Å². The second kappa shape index (κ2) is 6.62. The molecule has 0 aliphatic rings. The van der Waals surface area contributed by atoms with Gasteiger partial charge in [0.2, 0.25) is 0 Å². The van der Waals surface area contributed by atoms with Crippen molar-refractivity contribution in [2.45, 2.75) is 18.8 Å². The number of hydrogen-bond donors (Lipinski definition) is 2. The van der Waals surface area contributed by atoms with Gasteiger partial charge in [0.05, 0.1) is 5.56 Å². The summed E-state index contributed by atoms with van der Waals surface area (Å²) in [4.78, 5) is 11.3. The molecule has 0 heterocycles. The highest BCUT2D eigenvalue weighted by molar-refractivity contribution is 5.75. The second-order valence-corrected chi connectivity index (χ2v) is 4.76. The third-order valence-corrected chi connectivity index (χ3v) is 3.14. The van der Waals surface area contributed by atoms with E-state index < -0.39 is 23.8 Å². The fourth-order valence-corrected chi connectivity index (χ4v) is 2.07. The van der Waals surface area contributed by atoms with Crippen LogP contribution in [0.1, 0.15) is 22.7 Å². The zero-order chi connectivity index (χ0) is 16.2. The predicted molar refractivity (Wildman–Crippen MR) is 75.1 cm³/mol. The Morgan fingerprint density at radius 3 is 2.36 bits per heavy atom. The van der Waals surface area contributed by atoms with Gasteiger partial charge < -0.3 is 5.11 Å². The normalized spacial score (nSPS) is 12.9. The van der Waals surface area contributed by atoms with Crippen LogP contribution in [0.2, 0.25) is 0 Å². The van der Waals surface area contributed by atoms with Gasteiger partial charge in [0.25, 0.3) is 0 Å². The summed E-state index contributed by atoms with van der Waals surface area (Å²) < 4.78 is 37.9. The molecule has 2 N–H and O–H groups in total. The van der Waals surface area contributed by atoms with Gasteiger partial charge in [0, 0.05) is 6.54 Å². The van der Waals surface area contributed by atoms with Crippen molar-refractivity contribution >= 4 is 5.97 Å². The van der Waals surface area contributed by atoms with E-state index in [1.54, 1.807) is 30.3 Å². The van der Waals surface area contributed by atoms with Crippen LogP contribution in [0.4, 0.5) is 13.2 Å². The summed E-state index contributed by atoms with van der Waals surface area (Å²) in [5.41, 5.74) is 0.164. The van der Waals surface area contributed by atoms with Crippen molar-refractivity contribution in [1.29, 1.82) is 0 Å². The number of rotatable bonds is 5. The quantitative estimate of drug-likeness (QED) is 0.887. The number of carboxylic acid groups (broad SMARTS) is 1. The summed E-state index contributed by atoms with van der Waals surface area (Å²) in [5.74, 6) is -1.09. The van der Waals surface area contributed by atoms with Crippen LogP contribution >= 0.6 is 0 Å². The van der Waals surface area contributed by atoms with Crippen molar-refractivity contribution in [3.8, 4) is 0 Å². The highest BCUT2D eigenvalue weighted by Crippen LogP contribution is 2.29. The molecular weight excluding hydrogens is 295 g/mol. The maximum atomic E-state index is 12.6. The zero-order valence-electron chi connectivity index (χ0n) is 11.5. The first-order valence-electron chi connectivity index (χ1n) is 6.55. The molecule has 0 radical (unpaired) electrons. The molecule has 0 saturated heterocycles. The molecule has 0 aliphatic heterocycles. The van der Waals surface area contributed by atoms with Crippen LogP contribution < -0.4 is 5.32 Å². The van der Waals surface area contributed by atoms with Crippen molar-refractivity contribution in [1.82, 2.24) is 5.32 Å². The third kappa shape index (κ3) is 4.08. The first-order valence-corrected chi connectivity index (χ1v) is 6.55. The predicted octanol–water partition coefficient (Wildman–Crippen LogP) is 3.62. The molecule has 2 rings (SSSR count). The molecule has 0 saturated carbocycles. The SMILES string of the molecule is O=C(O)C(NCc1cccc(C(F)(F)F)c1)c1ccccc1. The van der Waals surface area contributed by atoms with Crippen LogP contribution in [0, 0.1) is 0 Å². The van der Waals surface area contributed by atoms with Gasteiger partial charge in [-0.05, 0) is 17.2 Å². The van der Waals surface area contributed by atoms with E-state index in [-0.39, 0.29) is 6.54 Å². The van der Waals surface area contributed by atoms with Gasteiger partial charge in [0.15, 0.2) is 0 Å². The third-order valence-electron chi connectivity index (χ3n) is 3.14. The molecule has 0 spiro atoms. The van der Waals surface area contributed by atoms with Crippen LogP contribution in [0.15, 0.2) is 54.6 Å². The fourth-order valence-electron chi connectivity index (χ4n) is 2.07. The minimum atomic E-state index is -4.42. The molecule has 6 heteroatoms. The Kier molecular flexibility index (Phi) is 4.82. The molecule has 2 aromatic rings. The Morgan fingerprint density at radius 1 is 1.09 bits per heavy atom. The lowest BCUT2D eigenvalue weighted by Crippen LogP contribution is -2.28. The highest BCUT2D eigenvalue weighted by atomic mass is 19.4. The van der Waals surface area contributed by atoms with E-state index in [0.717, 1.165) is 12.1 Å². The summed E-state index contributed by atoms with van der Waals surface area (Å²) in [6, 6.07) is 12.3. The Balaban J connectivity index is 2.12. The number of hydrogen-bond acceptors (Lipinski definition) is 2. The molecule has 0 amide bonds. The Bertz CT molecular complexity index is 641. The molecule has 0 fully saturated rings. The van der Waals surface area contributed by atoms with Gasteiger partial charge in [-0.2, -0.15) is 13.2 Å². The average molecular weight is 309 g/mol. The lowest BCUT2D eigenvalue weighted by Gasteiger charge is -2.15. The standard InChI is InChI=1S/C16H14F3NO2/c17-16(18,19)13-8-4-5-11(9-13)10-20-14(15(21)22)12-6-2-1-3-7-12/h1-9,14,20H,10H2,(H,21,22). The smallest absolute Gasteiger partial charge is 0.416 e. The van der Waals surface area contributed by atoms with Gasteiger partial charge in [-0.15, -0.1) is 0 Å². The lowest BCUT2D eigenvalue weighted by atomic mass is 10.1. The summed E-state index contributed by atoms with van der Waals surface area (Å²) in [7, 11) is 0. The number of carboxylic acids is 1. The summed E-state index contributed by atoms with van der Waals surface area (Å²) in [6.07, 6.45) is -4.42. The fraction of sp³-hybridized carbons (Fsp3) is 0.188. The molecule has 22 heavy (non-hydrogen) atoms. The number of halogens is 3. The lowest BCUT2D eigenvalue weighted by molar-refractivity contribution is -0.140. The first-order chi connectivity index (χ1) is 10.4. The summed E-state index contributed by atoms with van der Waals surface area (Å²) in [5, 5.41) is 12.0. The van der Waals surface area contributed by atoms with Gasteiger partial charge in [0.1, 0.15) is 6.04 Å². The van der Waals surface area contributed by atoms with E-state index in [9.17, 15) is 23.1 Å². The second-order valence-electron chi connectivity index (χ2n) is 4.76. The maximum absolute atomic E-state index is 12.6. The molecule has 0 aromatic heterocycles. The number of alkyl halides is 3. The van der Waals surface area contributed by atoms with Crippen LogP contribution in [0.5, 0.6) is 0 Å². The molecule has 3 nitrogen and oxygen atoms in total.